The van der Waals surface area contributed by atoms with Gasteiger partial charge in [-0.15, -0.1) is 0 Å². The predicted molar refractivity (Wildman–Crippen MR) is 158 cm³/mol. The molecule has 0 aromatic heterocycles. The molecule has 0 saturated heterocycles. The van der Waals surface area contributed by atoms with Crippen LogP contribution >= 0.6 is 0 Å². The van der Waals surface area contributed by atoms with E-state index in [9.17, 15) is 9.90 Å². The van der Waals surface area contributed by atoms with Gasteiger partial charge in [0.05, 0.1) is 20.3 Å². The lowest BCUT2D eigenvalue weighted by Gasteiger charge is -2.15. The molecule has 3 aromatic carbocycles. The molecule has 0 saturated carbocycles. The molecule has 0 aliphatic carbocycles. The normalized spacial score (nSPS) is 10.8. The molecule has 0 aliphatic rings. The molecule has 208 valence electrons. The summed E-state index contributed by atoms with van der Waals surface area (Å²) in [5.74, 6) is 1.05. The molecule has 0 amide bonds. The Hall–Kier alpha value is -3.57. The Labute approximate surface area is 233 Å². The van der Waals surface area contributed by atoms with Crippen molar-refractivity contribution in [3.8, 4) is 22.6 Å². The van der Waals surface area contributed by atoms with Crippen molar-refractivity contribution in [1.82, 2.24) is 0 Å². The summed E-state index contributed by atoms with van der Waals surface area (Å²) in [6.45, 7) is 7.81. The van der Waals surface area contributed by atoms with Crippen LogP contribution in [0.2, 0.25) is 0 Å². The first-order chi connectivity index (χ1) is 18.9. The first-order valence-corrected chi connectivity index (χ1v) is 13.9. The highest BCUT2D eigenvalue weighted by Crippen LogP contribution is 2.34. The van der Waals surface area contributed by atoms with Gasteiger partial charge in [0.25, 0.3) is 0 Å². The standard InChI is InChI=1S/C34H42O5/c1-5-6-7-8-26-9-11-27(12-10-26)13-14-28-15-17-31(33(23-28)37-4)29-16-18-32(38-22-20-35)30(24-29)19-21-39-34(36)25(2)3/h9-12,15-18,23-24,35H,2,5-8,13-14,19-22H2,1,3-4H3. The average Bonchev–Trinajstić information content (AvgIpc) is 2.95. The summed E-state index contributed by atoms with van der Waals surface area (Å²) < 4.78 is 16.8. The molecule has 0 spiro atoms. The second-order valence-corrected chi connectivity index (χ2v) is 9.87. The highest BCUT2D eigenvalue weighted by atomic mass is 16.5. The minimum Gasteiger partial charge on any atom is -0.496 e. The number of carbonyl (C=O) groups is 1. The van der Waals surface area contributed by atoms with Crippen molar-refractivity contribution in [2.45, 2.75) is 58.8 Å². The van der Waals surface area contributed by atoms with E-state index in [1.165, 1.54) is 36.0 Å². The van der Waals surface area contributed by atoms with Crippen LogP contribution in [0.1, 0.15) is 55.4 Å². The number of carbonyl (C=O) groups excluding carboxylic acids is 1. The molecular weight excluding hydrogens is 488 g/mol. The zero-order valence-corrected chi connectivity index (χ0v) is 23.6. The fourth-order valence-corrected chi connectivity index (χ4v) is 4.49. The molecule has 5 nitrogen and oxygen atoms in total. The van der Waals surface area contributed by atoms with Crippen LogP contribution < -0.4 is 9.47 Å². The summed E-state index contributed by atoms with van der Waals surface area (Å²) in [6.07, 6.45) is 7.32. The Morgan fingerprint density at radius 1 is 0.821 bits per heavy atom. The van der Waals surface area contributed by atoms with Crippen molar-refractivity contribution in [1.29, 1.82) is 0 Å². The second-order valence-electron chi connectivity index (χ2n) is 9.87. The predicted octanol–water partition coefficient (Wildman–Crippen LogP) is 6.91. The topological polar surface area (TPSA) is 65.0 Å². The molecule has 39 heavy (non-hydrogen) atoms. The smallest absolute Gasteiger partial charge is 0.333 e. The number of aliphatic hydroxyl groups excluding tert-OH is 1. The van der Waals surface area contributed by atoms with Gasteiger partial charge in [0.1, 0.15) is 18.1 Å². The van der Waals surface area contributed by atoms with E-state index >= 15 is 0 Å². The van der Waals surface area contributed by atoms with Gasteiger partial charge in [0.2, 0.25) is 0 Å². The number of hydrogen-bond acceptors (Lipinski definition) is 5. The van der Waals surface area contributed by atoms with E-state index in [4.69, 9.17) is 14.2 Å². The highest BCUT2D eigenvalue weighted by Gasteiger charge is 2.13. The Morgan fingerprint density at radius 2 is 1.51 bits per heavy atom. The van der Waals surface area contributed by atoms with Crippen LogP contribution in [-0.2, 0) is 35.2 Å². The van der Waals surface area contributed by atoms with Gasteiger partial charge in [-0.05, 0) is 78.6 Å². The minimum absolute atomic E-state index is 0.0791. The number of aliphatic hydroxyl groups is 1. The highest BCUT2D eigenvalue weighted by molar-refractivity contribution is 5.86. The lowest BCUT2D eigenvalue weighted by atomic mass is 9.96. The van der Waals surface area contributed by atoms with Gasteiger partial charge in [-0.2, -0.15) is 0 Å². The van der Waals surface area contributed by atoms with Crippen molar-refractivity contribution in [3.05, 3.63) is 95.1 Å². The van der Waals surface area contributed by atoms with Crippen LogP contribution in [0.4, 0.5) is 0 Å². The van der Waals surface area contributed by atoms with E-state index in [0.717, 1.165) is 41.7 Å². The number of aryl methyl sites for hydroxylation is 3. The minimum atomic E-state index is -0.413. The number of hydrogen-bond donors (Lipinski definition) is 1. The number of unbranched alkanes of at least 4 members (excludes halogenated alkanes) is 2. The Balaban J connectivity index is 1.72. The maximum atomic E-state index is 11.8. The van der Waals surface area contributed by atoms with E-state index < -0.39 is 5.97 Å². The zero-order chi connectivity index (χ0) is 28.0. The van der Waals surface area contributed by atoms with E-state index in [1.54, 1.807) is 14.0 Å². The number of benzene rings is 3. The summed E-state index contributed by atoms with van der Waals surface area (Å²) in [7, 11) is 1.69. The first kappa shape index (κ1) is 30.0. The third-order valence-corrected chi connectivity index (χ3v) is 6.73. The molecule has 1 N–H and O–H groups in total. The van der Waals surface area contributed by atoms with Gasteiger partial charge >= 0.3 is 5.97 Å². The van der Waals surface area contributed by atoms with Crippen LogP contribution in [0.25, 0.3) is 11.1 Å². The molecule has 0 radical (unpaired) electrons. The summed E-state index contributed by atoms with van der Waals surface area (Å²) in [5, 5.41) is 9.20. The number of esters is 1. The third-order valence-electron chi connectivity index (χ3n) is 6.73. The molecule has 0 fully saturated rings. The maximum Gasteiger partial charge on any atom is 0.333 e. The van der Waals surface area contributed by atoms with Gasteiger partial charge in [-0.25, -0.2) is 4.79 Å². The molecule has 3 rings (SSSR count). The molecule has 0 unspecified atom stereocenters. The summed E-state index contributed by atoms with van der Waals surface area (Å²) >= 11 is 0. The van der Waals surface area contributed by atoms with Crippen LogP contribution in [0.15, 0.2) is 72.8 Å². The zero-order valence-electron chi connectivity index (χ0n) is 23.6. The van der Waals surface area contributed by atoms with Crippen molar-refractivity contribution in [2.75, 3.05) is 26.9 Å². The Morgan fingerprint density at radius 3 is 2.18 bits per heavy atom. The first-order valence-electron chi connectivity index (χ1n) is 13.9. The monoisotopic (exact) mass is 530 g/mol. The van der Waals surface area contributed by atoms with Crippen molar-refractivity contribution >= 4 is 5.97 Å². The van der Waals surface area contributed by atoms with Gasteiger partial charge in [0, 0.05) is 17.6 Å². The summed E-state index contributed by atoms with van der Waals surface area (Å²) in [4.78, 5) is 11.8. The number of ether oxygens (including phenoxy) is 3. The van der Waals surface area contributed by atoms with Crippen molar-refractivity contribution in [3.63, 3.8) is 0 Å². The molecule has 0 atom stereocenters. The van der Waals surface area contributed by atoms with Crippen LogP contribution in [0.3, 0.4) is 0 Å². The molecular formula is C34H42O5. The molecule has 5 heteroatoms. The fourth-order valence-electron chi connectivity index (χ4n) is 4.49. The van der Waals surface area contributed by atoms with E-state index in [1.807, 2.05) is 18.2 Å². The van der Waals surface area contributed by atoms with Gasteiger partial charge < -0.3 is 19.3 Å². The maximum absolute atomic E-state index is 11.8. The molecule has 0 bridgehead atoms. The molecule has 0 aliphatic heterocycles. The number of rotatable bonds is 16. The summed E-state index contributed by atoms with van der Waals surface area (Å²) in [6, 6.07) is 21.3. The van der Waals surface area contributed by atoms with E-state index in [2.05, 4.69) is 56.0 Å². The fraction of sp³-hybridized carbons (Fsp3) is 0.382. The van der Waals surface area contributed by atoms with Crippen molar-refractivity contribution < 1.29 is 24.1 Å². The van der Waals surface area contributed by atoms with Gasteiger partial charge in [0.15, 0.2) is 0 Å². The number of methoxy groups -OCH3 is 1. The Bertz CT molecular complexity index is 1210. The van der Waals surface area contributed by atoms with Crippen LogP contribution in [0, 0.1) is 0 Å². The average molecular weight is 531 g/mol. The largest absolute Gasteiger partial charge is 0.496 e. The molecule has 0 heterocycles. The third kappa shape index (κ3) is 9.29. The van der Waals surface area contributed by atoms with E-state index in [0.29, 0.717) is 17.7 Å². The van der Waals surface area contributed by atoms with Gasteiger partial charge in [-0.1, -0.05) is 68.8 Å². The SMILES string of the molecule is C=C(C)C(=O)OCCc1cc(-c2ccc(CCc3ccc(CCCCC)cc3)cc2OC)ccc1OCCO. The van der Waals surface area contributed by atoms with Crippen LogP contribution in [0.5, 0.6) is 11.5 Å². The van der Waals surface area contributed by atoms with E-state index in [-0.39, 0.29) is 19.8 Å². The molecule has 3 aromatic rings. The lowest BCUT2D eigenvalue weighted by molar-refractivity contribution is -0.138. The Kier molecular flexibility index (Phi) is 12.1. The second kappa shape index (κ2) is 15.7. The lowest BCUT2D eigenvalue weighted by Crippen LogP contribution is -2.10. The summed E-state index contributed by atoms with van der Waals surface area (Å²) in [5.41, 5.74) is 7.19. The van der Waals surface area contributed by atoms with Gasteiger partial charge in [-0.3, -0.25) is 0 Å². The van der Waals surface area contributed by atoms with Crippen LogP contribution in [-0.4, -0.2) is 38.0 Å². The quantitative estimate of drug-likeness (QED) is 0.124. The van der Waals surface area contributed by atoms with Crippen molar-refractivity contribution in [2.24, 2.45) is 0 Å².